The Labute approximate surface area is 342 Å². The second kappa shape index (κ2) is 16.6. The van der Waals surface area contributed by atoms with Crippen LogP contribution < -0.4 is 15.5 Å². The molecule has 3 heterocycles. The number of ether oxygens (including phenoxy) is 2. The van der Waals surface area contributed by atoms with E-state index in [-0.39, 0.29) is 47.8 Å². The van der Waals surface area contributed by atoms with Gasteiger partial charge in [-0.25, -0.2) is 19.0 Å². The standard InChI is InChI=1S/C44H52FN5O7S/c1-24-16-26-17-25(2)33(24)20-30(51)21-37(52)47-28-11-15-36(58-31-12-13-31)27(18-28)23-49(9)40(53)38(26)48-29-10-14-32-34(19-29)35(45)22-46-39(32)50(41(54)56-43(3,4)5)42(55)57-44(6,7)8/h10-11,14-19,22,30-31,38,48,51H,12-13,20-21,23H2,1-9H3,(H,47,52)/t30?,38-/m1/s1. The van der Waals surface area contributed by atoms with Crippen LogP contribution in [0.5, 0.6) is 0 Å². The third kappa shape index (κ3) is 10.3. The number of carbonyl (C=O) groups is 4. The monoisotopic (exact) mass is 813 g/mol. The molecule has 2 aliphatic heterocycles. The molecule has 14 heteroatoms. The summed E-state index contributed by atoms with van der Waals surface area (Å²) in [6.45, 7) is 14.0. The molecule has 12 nitrogen and oxygen atoms in total. The highest BCUT2D eigenvalue weighted by atomic mass is 32.2. The van der Waals surface area contributed by atoms with Gasteiger partial charge < -0.3 is 30.1 Å². The number of rotatable bonds is 5. The molecule has 1 saturated carbocycles. The lowest BCUT2D eigenvalue weighted by molar-refractivity contribution is -0.131. The second-order valence-corrected chi connectivity index (χ2v) is 18.5. The van der Waals surface area contributed by atoms with Crippen molar-refractivity contribution >= 4 is 63.7 Å². The summed E-state index contributed by atoms with van der Waals surface area (Å²) < 4.78 is 26.9. The minimum absolute atomic E-state index is 0.0263. The highest BCUT2D eigenvalue weighted by Crippen LogP contribution is 2.42. The molecule has 4 bridgehead atoms. The fourth-order valence-electron chi connectivity index (χ4n) is 6.84. The molecule has 4 amide bonds. The van der Waals surface area contributed by atoms with Crippen LogP contribution in [-0.4, -0.2) is 68.6 Å². The number of fused-ring (bicyclic) bond motifs is 10. The number of amides is 4. The molecular formula is C44H52FN5O7S. The number of nitrogens with one attached hydrogen (secondary N) is 2. The maximum Gasteiger partial charge on any atom is 0.425 e. The molecule has 58 heavy (non-hydrogen) atoms. The van der Waals surface area contributed by atoms with Crippen LogP contribution in [0.2, 0.25) is 0 Å². The molecule has 1 unspecified atom stereocenters. The van der Waals surface area contributed by atoms with E-state index >= 15 is 4.39 Å². The molecule has 1 fully saturated rings. The Bertz CT molecular complexity index is 2210. The summed E-state index contributed by atoms with van der Waals surface area (Å²) in [6, 6.07) is 13.2. The Morgan fingerprint density at radius 2 is 1.57 bits per heavy atom. The number of aromatic nitrogens is 1. The van der Waals surface area contributed by atoms with E-state index in [0.29, 0.717) is 27.1 Å². The van der Waals surface area contributed by atoms with Crippen molar-refractivity contribution in [3.63, 3.8) is 0 Å². The van der Waals surface area contributed by atoms with Crippen molar-refractivity contribution in [2.45, 2.75) is 121 Å². The van der Waals surface area contributed by atoms with Gasteiger partial charge in [-0.1, -0.05) is 12.1 Å². The lowest BCUT2D eigenvalue weighted by Crippen LogP contribution is -2.44. The van der Waals surface area contributed by atoms with Crippen LogP contribution in [0.3, 0.4) is 0 Å². The number of hydrogen-bond donors (Lipinski definition) is 3. The van der Waals surface area contributed by atoms with Gasteiger partial charge in [-0.2, -0.15) is 4.90 Å². The predicted octanol–water partition coefficient (Wildman–Crippen LogP) is 8.98. The Hall–Kier alpha value is -5.21. The molecule has 0 saturated heterocycles. The molecule has 4 aromatic rings. The number of anilines is 3. The Balaban J connectivity index is 1.42. The fourth-order valence-corrected chi connectivity index (χ4v) is 8.00. The molecule has 0 radical (unpaired) electrons. The average molecular weight is 814 g/mol. The number of aryl methyl sites for hydroxylation is 2. The molecule has 0 spiro atoms. The van der Waals surface area contributed by atoms with Crippen LogP contribution in [0.1, 0.15) is 94.7 Å². The van der Waals surface area contributed by atoms with Crippen LogP contribution in [0, 0.1) is 19.7 Å². The molecule has 7 rings (SSSR count). The van der Waals surface area contributed by atoms with E-state index in [0.717, 1.165) is 46.2 Å². The Morgan fingerprint density at radius 1 is 0.931 bits per heavy atom. The maximum absolute atomic E-state index is 15.8. The molecule has 308 valence electrons. The van der Waals surface area contributed by atoms with Gasteiger partial charge in [0.2, 0.25) is 11.8 Å². The first-order valence-electron chi connectivity index (χ1n) is 19.4. The summed E-state index contributed by atoms with van der Waals surface area (Å²) in [7, 11) is 1.72. The van der Waals surface area contributed by atoms with Gasteiger partial charge in [0.1, 0.15) is 23.1 Å². The maximum atomic E-state index is 15.8. The fraction of sp³-hybridized carbons (Fsp3) is 0.432. The van der Waals surface area contributed by atoms with Gasteiger partial charge >= 0.3 is 12.2 Å². The molecule has 1 aromatic heterocycles. The van der Waals surface area contributed by atoms with Crippen LogP contribution >= 0.6 is 11.8 Å². The lowest BCUT2D eigenvalue weighted by Gasteiger charge is -2.29. The zero-order valence-electron chi connectivity index (χ0n) is 34.5. The molecular weight excluding hydrogens is 762 g/mol. The van der Waals surface area contributed by atoms with Crippen LogP contribution in [-0.2, 0) is 32.0 Å². The number of pyridine rings is 1. The third-order valence-corrected chi connectivity index (χ3v) is 11.1. The zero-order chi connectivity index (χ0) is 42.3. The van der Waals surface area contributed by atoms with Crippen molar-refractivity contribution in [2.24, 2.45) is 0 Å². The molecule has 3 N–H and O–H groups in total. The molecule has 3 aliphatic rings. The van der Waals surface area contributed by atoms with E-state index < -0.39 is 41.4 Å². The van der Waals surface area contributed by atoms with E-state index in [2.05, 4.69) is 15.6 Å². The summed E-state index contributed by atoms with van der Waals surface area (Å²) in [5.74, 6) is -1.48. The van der Waals surface area contributed by atoms with E-state index in [1.807, 2.05) is 44.2 Å². The number of nitrogens with zero attached hydrogens (tertiary/aromatic N) is 3. The first-order chi connectivity index (χ1) is 27.2. The van der Waals surface area contributed by atoms with Crippen molar-refractivity contribution in [1.82, 2.24) is 9.88 Å². The number of halogens is 1. The minimum atomic E-state index is -1.04. The second-order valence-electron chi connectivity index (χ2n) is 17.1. The number of imide groups is 1. The smallest absolute Gasteiger partial charge is 0.425 e. The summed E-state index contributed by atoms with van der Waals surface area (Å²) in [5.41, 5.74) is 3.07. The van der Waals surface area contributed by atoms with Crippen LogP contribution in [0.25, 0.3) is 10.8 Å². The van der Waals surface area contributed by atoms with Gasteiger partial charge in [-0.15, -0.1) is 11.8 Å². The van der Waals surface area contributed by atoms with Crippen molar-refractivity contribution in [3.8, 4) is 0 Å². The van der Waals surface area contributed by atoms with E-state index in [4.69, 9.17) is 9.47 Å². The molecule has 2 atom stereocenters. The summed E-state index contributed by atoms with van der Waals surface area (Å²) in [5, 5.41) is 18.0. The van der Waals surface area contributed by atoms with Gasteiger partial charge in [0, 0.05) is 45.9 Å². The third-order valence-electron chi connectivity index (χ3n) is 9.60. The number of benzene rings is 3. The van der Waals surface area contributed by atoms with Crippen molar-refractivity contribution in [3.05, 3.63) is 88.4 Å². The van der Waals surface area contributed by atoms with E-state index in [1.165, 1.54) is 12.1 Å². The van der Waals surface area contributed by atoms with Gasteiger partial charge in [0.15, 0.2) is 5.82 Å². The Morgan fingerprint density at radius 3 is 2.17 bits per heavy atom. The normalized spacial score (nSPS) is 17.9. The van der Waals surface area contributed by atoms with E-state index in [9.17, 15) is 24.3 Å². The number of aliphatic hydroxyl groups excluding tert-OH is 1. The summed E-state index contributed by atoms with van der Waals surface area (Å²) in [6.07, 6.45) is 0.274. The van der Waals surface area contributed by atoms with Gasteiger partial charge in [-0.3, -0.25) is 9.59 Å². The quantitative estimate of drug-likeness (QED) is 0.178. The predicted molar refractivity (Wildman–Crippen MR) is 224 cm³/mol. The Kier molecular flexibility index (Phi) is 12.1. The minimum Gasteiger partial charge on any atom is -0.443 e. The highest BCUT2D eigenvalue weighted by Gasteiger charge is 2.35. The first kappa shape index (κ1) is 42.4. The lowest BCUT2D eigenvalue weighted by atomic mass is 9.91. The zero-order valence-corrected chi connectivity index (χ0v) is 35.3. The number of carbonyl (C=O) groups excluding carboxylic acids is 4. The topological polar surface area (TPSA) is 150 Å². The van der Waals surface area contributed by atoms with Gasteiger partial charge in [-0.05, 0) is 139 Å². The number of likely N-dealkylation sites (N-methyl/N-ethyl adjacent to an activating group) is 1. The van der Waals surface area contributed by atoms with Crippen molar-refractivity contribution in [2.75, 3.05) is 22.6 Å². The SMILES string of the molecule is Cc1cc2cc(C)c1CC(O)CC(=O)Nc1ccc(SC3CC3)c(c1)CN(C)C(=O)[C@@H]2Nc1ccc2c(N(C(=O)OC(C)(C)C)C(=O)OC(C)(C)C)ncc(F)c2c1. The van der Waals surface area contributed by atoms with Crippen LogP contribution in [0.4, 0.5) is 31.2 Å². The van der Waals surface area contributed by atoms with Gasteiger partial charge in [0.05, 0.1) is 18.7 Å². The van der Waals surface area contributed by atoms with Gasteiger partial charge in [0.25, 0.3) is 0 Å². The summed E-state index contributed by atoms with van der Waals surface area (Å²) >= 11 is 1.75. The number of aliphatic hydroxyl groups is 1. The van der Waals surface area contributed by atoms with Crippen molar-refractivity contribution < 1.29 is 38.1 Å². The van der Waals surface area contributed by atoms with Crippen molar-refractivity contribution in [1.29, 1.82) is 0 Å². The summed E-state index contributed by atoms with van der Waals surface area (Å²) in [4.78, 5) is 62.2. The molecule has 3 aromatic carbocycles. The first-order valence-corrected chi connectivity index (χ1v) is 20.3. The average Bonchev–Trinajstić information content (AvgIpc) is 3.93. The number of hydrogen-bond acceptors (Lipinski definition) is 10. The molecule has 1 aliphatic carbocycles. The highest BCUT2D eigenvalue weighted by molar-refractivity contribution is 8.00. The number of thioether (sulfide) groups is 1. The van der Waals surface area contributed by atoms with Crippen LogP contribution in [0.15, 0.2) is 59.6 Å². The largest absolute Gasteiger partial charge is 0.443 e. The van der Waals surface area contributed by atoms with E-state index in [1.54, 1.807) is 71.3 Å².